The van der Waals surface area contributed by atoms with E-state index in [0.29, 0.717) is 18.1 Å². The Bertz CT molecular complexity index is 399. The highest BCUT2D eigenvalue weighted by Gasteiger charge is 2.21. The lowest BCUT2D eigenvalue weighted by Gasteiger charge is -2.06. The smallest absolute Gasteiger partial charge is 0.338 e. The Labute approximate surface area is 92.9 Å². The molecule has 0 bridgehead atoms. The number of aromatic carboxylic acids is 1. The van der Waals surface area contributed by atoms with Crippen molar-refractivity contribution in [2.75, 3.05) is 6.61 Å². The number of ether oxygens (including phenoxy) is 1. The van der Waals surface area contributed by atoms with Gasteiger partial charge in [0.15, 0.2) is 0 Å². The van der Waals surface area contributed by atoms with Crippen molar-refractivity contribution >= 4 is 5.97 Å². The first kappa shape index (κ1) is 11.1. The number of benzene rings is 1. The Kier molecular flexibility index (Phi) is 3.19. The normalized spacial score (nSPS) is 15.1. The molecule has 0 spiro atoms. The summed E-state index contributed by atoms with van der Waals surface area (Å²) in [5.41, 5.74) is 0.00747. The van der Waals surface area contributed by atoms with E-state index in [1.165, 1.54) is 25.0 Å². The Morgan fingerprint density at radius 3 is 2.88 bits per heavy atom. The predicted octanol–water partition coefficient (Wildman–Crippen LogP) is 2.45. The fraction of sp³-hybridized carbons (Fsp3) is 0.417. The number of hydrogen-bond acceptors (Lipinski definition) is 2. The monoisotopic (exact) mass is 224 g/mol. The van der Waals surface area contributed by atoms with Gasteiger partial charge in [0.1, 0.15) is 5.82 Å². The van der Waals surface area contributed by atoms with Gasteiger partial charge in [0.2, 0.25) is 0 Å². The molecule has 1 aliphatic rings. The lowest BCUT2D eigenvalue weighted by Crippen LogP contribution is -2.05. The third kappa shape index (κ3) is 2.58. The highest BCUT2D eigenvalue weighted by molar-refractivity contribution is 5.88. The predicted molar refractivity (Wildman–Crippen MR) is 55.7 cm³/mol. The molecule has 0 aliphatic heterocycles. The van der Waals surface area contributed by atoms with E-state index >= 15 is 0 Å². The molecule has 2 rings (SSSR count). The first-order valence-corrected chi connectivity index (χ1v) is 5.27. The second-order valence-corrected chi connectivity index (χ2v) is 4.04. The molecule has 0 amide bonds. The van der Waals surface area contributed by atoms with E-state index < -0.39 is 11.8 Å². The number of halogens is 1. The van der Waals surface area contributed by atoms with E-state index in [4.69, 9.17) is 9.84 Å². The van der Waals surface area contributed by atoms with Crippen LogP contribution in [0.1, 0.15) is 28.8 Å². The lowest BCUT2D eigenvalue weighted by molar-refractivity contribution is 0.0690. The highest BCUT2D eigenvalue weighted by atomic mass is 19.1. The zero-order chi connectivity index (χ0) is 11.5. The van der Waals surface area contributed by atoms with Gasteiger partial charge >= 0.3 is 5.97 Å². The third-order valence-electron chi connectivity index (χ3n) is 2.62. The molecule has 0 unspecified atom stereocenters. The van der Waals surface area contributed by atoms with Gasteiger partial charge < -0.3 is 9.84 Å². The molecule has 0 heterocycles. The largest absolute Gasteiger partial charge is 0.478 e. The molecule has 1 aliphatic carbocycles. The summed E-state index contributed by atoms with van der Waals surface area (Å²) < 4.78 is 18.9. The fourth-order valence-corrected chi connectivity index (χ4v) is 1.48. The van der Waals surface area contributed by atoms with Crippen molar-refractivity contribution in [3.63, 3.8) is 0 Å². The quantitative estimate of drug-likeness (QED) is 0.835. The lowest BCUT2D eigenvalue weighted by atomic mass is 10.1. The van der Waals surface area contributed by atoms with E-state index in [0.717, 1.165) is 0 Å². The molecule has 0 atom stereocenters. The first-order valence-electron chi connectivity index (χ1n) is 5.27. The van der Waals surface area contributed by atoms with Gasteiger partial charge in [-0.15, -0.1) is 0 Å². The second-order valence-electron chi connectivity index (χ2n) is 4.04. The van der Waals surface area contributed by atoms with Gasteiger partial charge in [0, 0.05) is 12.2 Å². The molecule has 86 valence electrons. The second kappa shape index (κ2) is 4.61. The van der Waals surface area contributed by atoms with Crippen molar-refractivity contribution in [1.29, 1.82) is 0 Å². The van der Waals surface area contributed by atoms with Crippen LogP contribution < -0.4 is 0 Å². The summed E-state index contributed by atoms with van der Waals surface area (Å²) >= 11 is 0. The molecule has 16 heavy (non-hydrogen) atoms. The van der Waals surface area contributed by atoms with E-state index in [1.54, 1.807) is 6.07 Å². The summed E-state index contributed by atoms with van der Waals surface area (Å²) in [5, 5.41) is 8.73. The van der Waals surface area contributed by atoms with Crippen molar-refractivity contribution in [3.8, 4) is 0 Å². The van der Waals surface area contributed by atoms with Gasteiger partial charge in [-0.05, 0) is 24.8 Å². The number of rotatable bonds is 5. The molecule has 0 radical (unpaired) electrons. The molecule has 1 saturated carbocycles. The molecule has 0 saturated heterocycles. The minimum Gasteiger partial charge on any atom is -0.478 e. The Morgan fingerprint density at radius 1 is 1.50 bits per heavy atom. The molecule has 4 heteroatoms. The summed E-state index contributed by atoms with van der Waals surface area (Å²) in [7, 11) is 0. The SMILES string of the molecule is O=C(O)c1cccc(COCC2CC2)c1F. The molecule has 1 N–H and O–H groups in total. The topological polar surface area (TPSA) is 46.5 Å². The molecular formula is C12H13FO3. The molecule has 1 fully saturated rings. The number of hydrogen-bond donors (Lipinski definition) is 1. The minimum atomic E-state index is -1.25. The summed E-state index contributed by atoms with van der Waals surface area (Å²) in [6.07, 6.45) is 2.36. The van der Waals surface area contributed by atoms with Crippen LogP contribution in [0.15, 0.2) is 18.2 Å². The molecule has 0 aromatic heterocycles. The van der Waals surface area contributed by atoms with Crippen molar-refractivity contribution in [2.45, 2.75) is 19.4 Å². The van der Waals surface area contributed by atoms with Crippen LogP contribution >= 0.6 is 0 Å². The zero-order valence-corrected chi connectivity index (χ0v) is 8.78. The maximum atomic E-state index is 13.6. The van der Waals surface area contributed by atoms with Gasteiger partial charge in [-0.2, -0.15) is 0 Å². The van der Waals surface area contributed by atoms with Crippen LogP contribution in [-0.2, 0) is 11.3 Å². The maximum absolute atomic E-state index is 13.6. The van der Waals surface area contributed by atoms with Crippen LogP contribution in [0, 0.1) is 11.7 Å². The first-order chi connectivity index (χ1) is 7.68. The van der Waals surface area contributed by atoms with Crippen molar-refractivity contribution in [2.24, 2.45) is 5.92 Å². The minimum absolute atomic E-state index is 0.142. The summed E-state index contributed by atoms with van der Waals surface area (Å²) in [5.74, 6) is -1.32. The van der Waals surface area contributed by atoms with E-state index in [2.05, 4.69) is 0 Å². The van der Waals surface area contributed by atoms with Gasteiger partial charge in [0.05, 0.1) is 12.2 Å². The molecule has 1 aromatic rings. The summed E-state index contributed by atoms with van der Waals surface area (Å²) in [6.45, 7) is 0.778. The zero-order valence-electron chi connectivity index (χ0n) is 8.78. The third-order valence-corrected chi connectivity index (χ3v) is 2.62. The molecule has 3 nitrogen and oxygen atoms in total. The Balaban J connectivity index is 2.01. The van der Waals surface area contributed by atoms with Crippen LogP contribution in [-0.4, -0.2) is 17.7 Å². The van der Waals surface area contributed by atoms with Gasteiger partial charge in [0.25, 0.3) is 0 Å². The van der Waals surface area contributed by atoms with Crippen molar-refractivity contribution in [3.05, 3.63) is 35.1 Å². The van der Waals surface area contributed by atoms with Crippen LogP contribution in [0.25, 0.3) is 0 Å². The Hall–Kier alpha value is -1.42. The van der Waals surface area contributed by atoms with E-state index in [9.17, 15) is 9.18 Å². The van der Waals surface area contributed by atoms with Crippen molar-refractivity contribution < 1.29 is 19.0 Å². The number of carboxylic acids is 1. The number of carboxylic acid groups (broad SMARTS) is 1. The standard InChI is InChI=1S/C12H13FO3/c13-11-9(7-16-6-8-4-5-8)2-1-3-10(11)12(14)15/h1-3,8H,4-7H2,(H,14,15). The van der Waals surface area contributed by atoms with E-state index in [-0.39, 0.29) is 12.2 Å². The Morgan fingerprint density at radius 2 is 2.25 bits per heavy atom. The highest BCUT2D eigenvalue weighted by Crippen LogP contribution is 2.29. The average molecular weight is 224 g/mol. The van der Waals surface area contributed by atoms with Gasteiger partial charge in [-0.1, -0.05) is 12.1 Å². The van der Waals surface area contributed by atoms with Gasteiger partial charge in [-0.3, -0.25) is 0 Å². The number of carbonyl (C=O) groups is 1. The van der Waals surface area contributed by atoms with Crippen LogP contribution in [0.5, 0.6) is 0 Å². The van der Waals surface area contributed by atoms with Crippen LogP contribution in [0.2, 0.25) is 0 Å². The summed E-state index contributed by atoms with van der Waals surface area (Å²) in [6, 6.07) is 4.33. The summed E-state index contributed by atoms with van der Waals surface area (Å²) in [4.78, 5) is 10.7. The van der Waals surface area contributed by atoms with E-state index in [1.807, 2.05) is 0 Å². The average Bonchev–Trinajstić information content (AvgIpc) is 3.04. The van der Waals surface area contributed by atoms with Gasteiger partial charge in [-0.25, -0.2) is 9.18 Å². The van der Waals surface area contributed by atoms with Crippen molar-refractivity contribution in [1.82, 2.24) is 0 Å². The van der Waals surface area contributed by atoms with Crippen LogP contribution in [0.4, 0.5) is 4.39 Å². The maximum Gasteiger partial charge on any atom is 0.338 e. The molecular weight excluding hydrogens is 211 g/mol. The fourth-order valence-electron chi connectivity index (χ4n) is 1.48. The van der Waals surface area contributed by atoms with Crippen LogP contribution in [0.3, 0.4) is 0 Å². The molecule has 1 aromatic carbocycles.